The molecule has 4 aliphatic rings. The molecule has 52 heavy (non-hydrogen) atoms. The standard InChI is InChI=1S/C21H26N2.C18H33P.C7H6O.ClH.Ru/c1-14-9-16(3)20(17(4)10-14)22-7-8-23(13-22)21-18(5)11-15(2)12-19(21)6;1-4-10-16(11-5-1)19(17-12-6-2-7-13-17)18-14-8-3-9-15-18;1-6-4-2-3-5-7(6)8;;/h9-12H,7-8H2,1-6H3;16-18H,1-15H2;1-5,8H;1H;/q;;;;+1/p-1. The van der Waals surface area contributed by atoms with Gasteiger partial charge in [0, 0.05) is 11.4 Å². The van der Waals surface area contributed by atoms with Gasteiger partial charge < -0.3 is 9.48 Å². The molecule has 0 radical (unpaired) electrons. The first-order valence-electron chi connectivity index (χ1n) is 20.2. The second-order valence-electron chi connectivity index (χ2n) is 16.0. The number of nitrogens with zero attached hydrogens (tertiary/aromatic N) is 2. The molecule has 3 saturated carbocycles. The number of para-hydroxylation sites is 1. The van der Waals surface area contributed by atoms with Gasteiger partial charge in [0.15, 0.2) is 0 Å². The Labute approximate surface area is 329 Å². The summed E-state index contributed by atoms with van der Waals surface area (Å²) in [5.74, 6) is 0.303. The Hall–Kier alpha value is -1.86. The number of hydrogen-bond donors (Lipinski definition) is 1. The van der Waals surface area contributed by atoms with Crippen LogP contribution in [0.25, 0.3) is 0 Å². The van der Waals surface area contributed by atoms with Crippen LogP contribution in [0.5, 0.6) is 5.75 Å². The second kappa shape index (κ2) is 20.7. The van der Waals surface area contributed by atoms with E-state index in [4.69, 9.17) is 14.8 Å². The van der Waals surface area contributed by atoms with Gasteiger partial charge in [-0.05, 0) is 97.0 Å². The van der Waals surface area contributed by atoms with Crippen LogP contribution in [-0.4, -0.2) is 50.7 Å². The Morgan fingerprint density at radius 1 is 0.692 bits per heavy atom. The van der Waals surface area contributed by atoms with Crippen molar-refractivity contribution in [2.45, 2.75) is 155 Å². The van der Waals surface area contributed by atoms with E-state index in [1.165, 1.54) is 81.0 Å². The summed E-state index contributed by atoms with van der Waals surface area (Å²) in [5.41, 5.74) is 15.0. The van der Waals surface area contributed by atoms with Crippen molar-refractivity contribution < 1.29 is 25.4 Å². The first kappa shape index (κ1) is 41.3. The van der Waals surface area contributed by atoms with E-state index >= 15 is 0 Å². The van der Waals surface area contributed by atoms with Crippen molar-refractivity contribution in [2.24, 2.45) is 0 Å². The molecule has 3 nitrogen and oxygen atoms in total. The topological polar surface area (TPSA) is 26.5 Å². The Bertz CT molecular complexity index is 1560. The van der Waals surface area contributed by atoms with Gasteiger partial charge in [-0.2, -0.15) is 0 Å². The van der Waals surface area contributed by atoms with Crippen molar-refractivity contribution in [2.75, 3.05) is 18.0 Å². The fraction of sp³-hybridized carbons (Fsp3) is 0.565. The van der Waals surface area contributed by atoms with Crippen LogP contribution in [0, 0.1) is 41.5 Å². The molecule has 1 heterocycles. The quantitative estimate of drug-likeness (QED) is 0.116. The molecule has 1 aliphatic heterocycles. The molecule has 0 spiro atoms. The maximum atomic E-state index is 9.17. The summed E-state index contributed by atoms with van der Waals surface area (Å²) in [6.45, 7) is 15.1. The van der Waals surface area contributed by atoms with Crippen molar-refractivity contribution >= 4 is 39.9 Å². The van der Waals surface area contributed by atoms with E-state index in [1.807, 2.05) is 16.7 Å². The average Bonchev–Trinajstić information content (AvgIpc) is 3.59. The molecule has 6 heteroatoms. The zero-order valence-corrected chi connectivity index (χ0v) is 36.4. The molecule has 3 fully saturated rings. The van der Waals surface area contributed by atoms with E-state index in [1.54, 1.807) is 89.2 Å². The molecule has 0 saturated heterocycles. The number of aryl methyl sites for hydroxylation is 6. The molecule has 0 atom stereocenters. The van der Waals surface area contributed by atoms with E-state index < -0.39 is 0 Å². The number of anilines is 1. The van der Waals surface area contributed by atoms with Gasteiger partial charge in [-0.25, -0.2) is 0 Å². The number of benzene rings is 3. The summed E-state index contributed by atoms with van der Waals surface area (Å²) in [4.78, 5) is 2.28. The number of phenolic OH excluding ortho intramolecular Hbond substituents is 1. The van der Waals surface area contributed by atoms with Gasteiger partial charge in [0.1, 0.15) is 13.1 Å². The van der Waals surface area contributed by atoms with Crippen LogP contribution in [0.4, 0.5) is 11.4 Å². The molecule has 0 aromatic heterocycles. The molecule has 3 aromatic rings. The van der Waals surface area contributed by atoms with E-state index in [9.17, 15) is 0 Å². The molecular weight excluding hydrogens is 764 g/mol. The number of phenols is 1. The summed E-state index contributed by atoms with van der Waals surface area (Å²) in [6, 6.07) is 16.2. The first-order valence-corrected chi connectivity index (χ1v) is 25.0. The third kappa shape index (κ3) is 11.3. The molecule has 0 bridgehead atoms. The van der Waals surface area contributed by atoms with E-state index in [2.05, 4.69) is 81.6 Å². The first-order chi connectivity index (χ1) is 25.2. The van der Waals surface area contributed by atoms with Gasteiger partial charge in [-0.3, -0.25) is 0 Å². The average molecular weight is 830 g/mol. The second-order valence-corrected chi connectivity index (χ2v) is 20.8. The van der Waals surface area contributed by atoms with Gasteiger partial charge in [-0.15, -0.1) is 0 Å². The number of halogens is 1. The van der Waals surface area contributed by atoms with Crippen molar-refractivity contribution in [1.29, 1.82) is 0 Å². The molecule has 0 unspecified atom stereocenters. The van der Waals surface area contributed by atoms with Gasteiger partial charge in [0.25, 0.3) is 0 Å². The molecule has 3 aliphatic carbocycles. The molecule has 0 amide bonds. The Balaban J connectivity index is 0.000000162. The predicted molar refractivity (Wildman–Crippen MR) is 225 cm³/mol. The Kier molecular flexibility index (Phi) is 16.5. The number of hydrogen-bond acceptors (Lipinski definition) is 2. The van der Waals surface area contributed by atoms with Crippen LogP contribution in [0.1, 0.15) is 135 Å². The minimum absolute atomic E-state index is 0.250. The summed E-state index contributed by atoms with van der Waals surface area (Å²) < 4.78 is 4.13. The normalized spacial score (nSPS) is 19.1. The van der Waals surface area contributed by atoms with Crippen molar-refractivity contribution in [3.8, 4) is 5.75 Å². The molecular formula is C46H65ClN2OPRu. The van der Waals surface area contributed by atoms with E-state index in [0.29, 0.717) is 13.7 Å². The number of rotatable bonds is 6. The van der Waals surface area contributed by atoms with Crippen LogP contribution in [0.15, 0.2) is 48.5 Å². The third-order valence-electron chi connectivity index (χ3n) is 11.7. The number of aromatic hydroxyl groups is 1. The summed E-state index contributed by atoms with van der Waals surface area (Å²) in [6.07, 6.45) is 27.2. The third-order valence-corrected chi connectivity index (χ3v) is 16.9. The fourth-order valence-corrected chi connectivity index (χ4v) is 15.4. The van der Waals surface area contributed by atoms with Crippen molar-refractivity contribution in [3.05, 3.63) is 87.5 Å². The van der Waals surface area contributed by atoms with Crippen LogP contribution in [0.3, 0.4) is 0 Å². The predicted octanol–water partition coefficient (Wildman–Crippen LogP) is 12.9. The zero-order chi connectivity index (χ0) is 37.0. The zero-order valence-electron chi connectivity index (χ0n) is 33.0. The van der Waals surface area contributed by atoms with Gasteiger partial charge in [0.05, 0.1) is 0 Å². The van der Waals surface area contributed by atoms with Crippen LogP contribution in [-0.2, 0) is 15.7 Å². The van der Waals surface area contributed by atoms with E-state index in [0.717, 1.165) is 18.7 Å². The monoisotopic (exact) mass is 829 g/mol. The molecule has 1 N–H and O–H groups in total. The van der Waals surface area contributed by atoms with Crippen LogP contribution < -0.4 is 4.90 Å². The molecule has 285 valence electrons. The van der Waals surface area contributed by atoms with Crippen LogP contribution >= 0.6 is 17.6 Å². The van der Waals surface area contributed by atoms with Gasteiger partial charge in [-0.1, -0.05) is 123 Å². The SMILES string of the molecule is C1CCC(P(C2CCCCC2)C2CCCCC2)CC1.Cc1cc(C)c(N2[C-]=[N+](c3c(C)cc(C)cc3C)CC2)c(C)c1.Oc1ccccc1[CH]=[Ru][Cl]. The summed E-state index contributed by atoms with van der Waals surface area (Å²) >= 11 is -0.250. The molecule has 3 aromatic carbocycles. The van der Waals surface area contributed by atoms with Crippen LogP contribution in [0.2, 0.25) is 0 Å². The van der Waals surface area contributed by atoms with Crippen molar-refractivity contribution in [1.82, 2.24) is 0 Å². The minimum atomic E-state index is -0.250. The molecule has 7 rings (SSSR count). The van der Waals surface area contributed by atoms with Gasteiger partial charge in [0.2, 0.25) is 6.34 Å². The summed E-state index contributed by atoms with van der Waals surface area (Å²) in [7, 11) is 5.92. The Morgan fingerprint density at radius 3 is 1.58 bits per heavy atom. The fourth-order valence-electron chi connectivity index (χ4n) is 9.61. The maximum absolute atomic E-state index is 9.17. The van der Waals surface area contributed by atoms with Gasteiger partial charge >= 0.3 is 70.7 Å². The Morgan fingerprint density at radius 2 is 1.13 bits per heavy atom. The van der Waals surface area contributed by atoms with Crippen molar-refractivity contribution in [3.63, 3.8) is 0 Å². The summed E-state index contributed by atoms with van der Waals surface area (Å²) in [5, 5.41) is 9.17. The van der Waals surface area contributed by atoms with E-state index in [-0.39, 0.29) is 15.7 Å².